The Bertz CT molecular complexity index is 958. The number of amides is 1. The number of rotatable bonds is 3. The zero-order chi connectivity index (χ0) is 19.8. The summed E-state index contributed by atoms with van der Waals surface area (Å²) in [6.07, 6.45) is 6.75. The average molecular weight is 409 g/mol. The first kappa shape index (κ1) is 19.0. The van der Waals surface area contributed by atoms with Gasteiger partial charge in [-0.25, -0.2) is 4.98 Å². The van der Waals surface area contributed by atoms with Crippen molar-refractivity contribution in [2.45, 2.75) is 44.7 Å². The lowest BCUT2D eigenvalue weighted by molar-refractivity contribution is 0.0216. The zero-order valence-electron chi connectivity index (χ0n) is 17.0. The minimum absolute atomic E-state index is 0.0559. The first-order chi connectivity index (χ1) is 14.2. The topological polar surface area (TPSA) is 48.5 Å². The van der Waals surface area contributed by atoms with Crippen LogP contribution in [0.3, 0.4) is 0 Å². The van der Waals surface area contributed by atoms with Crippen molar-refractivity contribution in [3.05, 3.63) is 28.9 Å². The van der Waals surface area contributed by atoms with E-state index in [2.05, 4.69) is 44.2 Å². The van der Waals surface area contributed by atoms with E-state index in [4.69, 9.17) is 0 Å². The minimum atomic E-state index is -0.0559. The monoisotopic (exact) mass is 408 g/mol. The number of nitrogens with one attached hydrogen (secondary N) is 1. The van der Waals surface area contributed by atoms with E-state index in [0.717, 1.165) is 48.4 Å². The molecular formula is C23H28N4OS. The standard InChI is InChI=1S/C23H28N4OS/c1-16-22(17-6-11-27(16)12-7-17)25-23(28)20-13-19-18(15-29-21(19)14-24-20)5-4-10-26-8-2-3-9-26/h13-17,22H,2-3,6-12H2,1H3,(H,25,28)/t16-,22-/m0/s1. The first-order valence-electron chi connectivity index (χ1n) is 10.8. The van der Waals surface area contributed by atoms with Gasteiger partial charge >= 0.3 is 0 Å². The molecule has 6 heteroatoms. The van der Waals surface area contributed by atoms with Crippen LogP contribution in [0, 0.1) is 17.8 Å². The molecule has 5 nitrogen and oxygen atoms in total. The van der Waals surface area contributed by atoms with Crippen LogP contribution in [0.25, 0.3) is 10.1 Å². The lowest BCUT2D eigenvalue weighted by Gasteiger charge is -2.49. The van der Waals surface area contributed by atoms with E-state index in [9.17, 15) is 4.79 Å². The maximum atomic E-state index is 13.0. The summed E-state index contributed by atoms with van der Waals surface area (Å²) in [5.41, 5.74) is 1.51. The molecule has 4 aliphatic rings. The highest BCUT2D eigenvalue weighted by molar-refractivity contribution is 7.17. The highest BCUT2D eigenvalue weighted by atomic mass is 32.1. The second-order valence-corrected chi connectivity index (χ2v) is 9.52. The molecule has 2 aromatic rings. The Morgan fingerprint density at radius 3 is 2.83 bits per heavy atom. The summed E-state index contributed by atoms with van der Waals surface area (Å²) in [6, 6.07) is 2.56. The molecule has 0 radical (unpaired) electrons. The third-order valence-electron chi connectivity index (χ3n) is 6.89. The van der Waals surface area contributed by atoms with Crippen LogP contribution >= 0.6 is 11.3 Å². The molecule has 0 aromatic carbocycles. The Hall–Kier alpha value is -1.94. The first-order valence-corrected chi connectivity index (χ1v) is 11.7. The zero-order valence-corrected chi connectivity index (χ0v) is 17.8. The van der Waals surface area contributed by atoms with E-state index in [0.29, 0.717) is 17.7 Å². The fraction of sp³-hybridized carbons (Fsp3) is 0.565. The van der Waals surface area contributed by atoms with Crippen molar-refractivity contribution in [2.75, 3.05) is 32.7 Å². The van der Waals surface area contributed by atoms with Crippen molar-refractivity contribution in [1.29, 1.82) is 0 Å². The van der Waals surface area contributed by atoms with Gasteiger partial charge in [-0.1, -0.05) is 11.8 Å². The molecule has 6 rings (SSSR count). The van der Waals surface area contributed by atoms with Gasteiger partial charge in [0.1, 0.15) is 5.69 Å². The summed E-state index contributed by atoms with van der Waals surface area (Å²) in [5, 5.41) is 6.42. The van der Waals surface area contributed by atoms with Gasteiger partial charge in [0.05, 0.1) is 11.2 Å². The highest BCUT2D eigenvalue weighted by Crippen LogP contribution is 2.32. The van der Waals surface area contributed by atoms with Gasteiger partial charge in [0.15, 0.2) is 0 Å². The molecule has 2 aromatic heterocycles. The van der Waals surface area contributed by atoms with E-state index in [1.54, 1.807) is 11.3 Å². The summed E-state index contributed by atoms with van der Waals surface area (Å²) in [7, 11) is 0. The number of pyridine rings is 1. The molecular weight excluding hydrogens is 380 g/mol. The lowest BCUT2D eigenvalue weighted by atomic mass is 9.79. The van der Waals surface area contributed by atoms with Gasteiger partial charge in [-0.2, -0.15) is 0 Å². The van der Waals surface area contributed by atoms with Gasteiger partial charge in [-0.15, -0.1) is 11.3 Å². The maximum absolute atomic E-state index is 13.0. The summed E-state index contributed by atoms with van der Waals surface area (Å²) in [6.45, 7) is 7.71. The second kappa shape index (κ2) is 8.06. The molecule has 0 spiro atoms. The number of carbonyl (C=O) groups excluding carboxylic acids is 1. The van der Waals surface area contributed by atoms with Crippen LogP contribution < -0.4 is 5.32 Å². The Morgan fingerprint density at radius 2 is 2.07 bits per heavy atom. The SMILES string of the molecule is C[C@H]1[C@H](NC(=O)c2cc3c(C#CCN4CCCC4)csc3cn2)C2CCN1CC2. The minimum Gasteiger partial charge on any atom is -0.346 e. The number of fused-ring (bicyclic) bond motifs is 4. The Balaban J connectivity index is 1.32. The maximum Gasteiger partial charge on any atom is 0.270 e. The number of nitrogens with zero attached hydrogens (tertiary/aromatic N) is 3. The number of carbonyl (C=O) groups is 1. The van der Waals surface area contributed by atoms with Crippen LogP contribution in [-0.4, -0.2) is 65.5 Å². The molecule has 4 aliphatic heterocycles. The van der Waals surface area contributed by atoms with Crippen LogP contribution in [0.15, 0.2) is 17.6 Å². The van der Waals surface area contributed by atoms with Crippen LogP contribution in [0.2, 0.25) is 0 Å². The molecule has 0 aliphatic carbocycles. The third kappa shape index (κ3) is 3.79. The molecule has 0 saturated carbocycles. The molecule has 1 amide bonds. The van der Waals surface area contributed by atoms with Crippen molar-refractivity contribution in [3.63, 3.8) is 0 Å². The van der Waals surface area contributed by atoms with Gasteiger partial charge in [-0.05, 0) is 70.8 Å². The third-order valence-corrected chi connectivity index (χ3v) is 7.83. The molecule has 4 saturated heterocycles. The number of hydrogen-bond acceptors (Lipinski definition) is 5. The summed E-state index contributed by atoms with van der Waals surface area (Å²) >= 11 is 1.65. The van der Waals surface area contributed by atoms with Gasteiger partial charge in [0.2, 0.25) is 0 Å². The summed E-state index contributed by atoms with van der Waals surface area (Å²) < 4.78 is 1.09. The van der Waals surface area contributed by atoms with Crippen molar-refractivity contribution in [1.82, 2.24) is 20.1 Å². The normalized spacial score (nSPS) is 29.0. The number of thiophene rings is 1. The van der Waals surface area contributed by atoms with E-state index in [1.807, 2.05) is 12.3 Å². The largest absolute Gasteiger partial charge is 0.346 e. The number of likely N-dealkylation sites (tertiary alicyclic amines) is 1. The Kier molecular flexibility index (Phi) is 5.29. The van der Waals surface area contributed by atoms with E-state index >= 15 is 0 Å². The quantitative estimate of drug-likeness (QED) is 0.794. The van der Waals surface area contributed by atoms with Crippen LogP contribution in [0.5, 0.6) is 0 Å². The fourth-order valence-electron chi connectivity index (χ4n) is 5.11. The van der Waals surface area contributed by atoms with E-state index in [-0.39, 0.29) is 11.9 Å². The molecule has 1 N–H and O–H groups in total. The van der Waals surface area contributed by atoms with Crippen LogP contribution in [-0.2, 0) is 0 Å². The average Bonchev–Trinajstić information content (AvgIpc) is 3.41. The van der Waals surface area contributed by atoms with Gasteiger partial charge in [-0.3, -0.25) is 14.6 Å². The fourth-order valence-corrected chi connectivity index (χ4v) is 5.95. The predicted molar refractivity (Wildman–Crippen MR) is 117 cm³/mol. The molecule has 6 heterocycles. The van der Waals surface area contributed by atoms with Crippen molar-refractivity contribution in [2.24, 2.45) is 5.92 Å². The van der Waals surface area contributed by atoms with Gasteiger partial charge < -0.3 is 5.32 Å². The van der Waals surface area contributed by atoms with Gasteiger partial charge in [0, 0.05) is 34.6 Å². The van der Waals surface area contributed by atoms with Crippen LogP contribution in [0.1, 0.15) is 48.7 Å². The molecule has 2 bridgehead atoms. The van der Waals surface area contributed by atoms with Crippen molar-refractivity contribution >= 4 is 27.3 Å². The number of aromatic nitrogens is 1. The second-order valence-electron chi connectivity index (χ2n) is 8.61. The molecule has 152 valence electrons. The number of hydrogen-bond donors (Lipinski definition) is 1. The predicted octanol–water partition coefficient (Wildman–Crippen LogP) is 2.96. The lowest BCUT2D eigenvalue weighted by Crippen LogP contribution is -2.62. The summed E-state index contributed by atoms with van der Waals surface area (Å²) in [4.78, 5) is 22.3. The Labute approximate surface area is 176 Å². The Morgan fingerprint density at radius 1 is 1.28 bits per heavy atom. The number of piperidine rings is 3. The smallest absolute Gasteiger partial charge is 0.270 e. The molecule has 0 unspecified atom stereocenters. The molecule has 29 heavy (non-hydrogen) atoms. The van der Waals surface area contributed by atoms with Crippen molar-refractivity contribution < 1.29 is 4.79 Å². The van der Waals surface area contributed by atoms with Crippen molar-refractivity contribution in [3.8, 4) is 11.8 Å². The van der Waals surface area contributed by atoms with E-state index < -0.39 is 0 Å². The highest BCUT2D eigenvalue weighted by Gasteiger charge is 2.40. The molecule has 4 fully saturated rings. The van der Waals surface area contributed by atoms with E-state index in [1.165, 1.54) is 25.7 Å². The molecule has 2 atom stereocenters. The van der Waals surface area contributed by atoms with Gasteiger partial charge in [0.25, 0.3) is 5.91 Å². The summed E-state index contributed by atoms with van der Waals surface area (Å²) in [5.74, 6) is 7.18. The van der Waals surface area contributed by atoms with Crippen LogP contribution in [0.4, 0.5) is 0 Å².